The number of benzene rings is 1. The predicted molar refractivity (Wildman–Crippen MR) is 83.4 cm³/mol. The molecule has 19 heavy (non-hydrogen) atoms. The summed E-state index contributed by atoms with van der Waals surface area (Å²) in [6, 6.07) is 9.55. The summed E-state index contributed by atoms with van der Waals surface area (Å²) in [5.74, 6) is 0.709. The Hall–Kier alpha value is -0.820. The number of rotatable bonds is 4. The van der Waals surface area contributed by atoms with Crippen LogP contribution < -0.4 is 5.32 Å². The van der Waals surface area contributed by atoms with E-state index in [0.29, 0.717) is 17.4 Å². The van der Waals surface area contributed by atoms with Crippen molar-refractivity contribution in [1.82, 2.24) is 5.32 Å². The molecule has 1 aromatic carbocycles. The third-order valence-electron chi connectivity index (χ3n) is 4.99. The van der Waals surface area contributed by atoms with E-state index in [1.54, 1.807) is 11.1 Å². The number of hydrogen-bond acceptors (Lipinski definition) is 1. The molecule has 106 valence electrons. The Morgan fingerprint density at radius 1 is 1.21 bits per heavy atom. The minimum Gasteiger partial charge on any atom is -0.309 e. The molecule has 2 rings (SSSR count). The molecule has 0 fully saturated rings. The molecular weight excluding hydrogens is 230 g/mol. The van der Waals surface area contributed by atoms with Gasteiger partial charge in [0.2, 0.25) is 0 Å². The largest absolute Gasteiger partial charge is 0.309 e. The smallest absolute Gasteiger partial charge is 0.0323 e. The van der Waals surface area contributed by atoms with E-state index in [1.807, 2.05) is 0 Å². The lowest BCUT2D eigenvalue weighted by Crippen LogP contribution is -2.35. The third-order valence-corrected chi connectivity index (χ3v) is 4.99. The first-order valence-corrected chi connectivity index (χ1v) is 7.82. The van der Waals surface area contributed by atoms with Crippen molar-refractivity contribution in [3.63, 3.8) is 0 Å². The average Bonchev–Trinajstić information content (AvgIpc) is 2.58. The molecule has 1 aromatic rings. The molecule has 1 aliphatic rings. The van der Waals surface area contributed by atoms with Crippen molar-refractivity contribution < 1.29 is 0 Å². The Morgan fingerprint density at radius 3 is 2.68 bits per heavy atom. The molecule has 1 unspecified atom stereocenters. The summed E-state index contributed by atoms with van der Waals surface area (Å²) in [6.07, 6.45) is 5.21. The lowest BCUT2D eigenvalue weighted by atomic mass is 9.81. The van der Waals surface area contributed by atoms with Crippen LogP contribution in [0.25, 0.3) is 0 Å². The van der Waals surface area contributed by atoms with Gasteiger partial charge in [0.15, 0.2) is 0 Å². The van der Waals surface area contributed by atoms with E-state index in [-0.39, 0.29) is 0 Å². The van der Waals surface area contributed by atoms with Crippen LogP contribution in [0.15, 0.2) is 24.3 Å². The topological polar surface area (TPSA) is 12.0 Å². The lowest BCUT2D eigenvalue weighted by Gasteiger charge is -2.32. The third kappa shape index (κ3) is 3.60. The Labute approximate surface area is 118 Å². The lowest BCUT2D eigenvalue weighted by molar-refractivity contribution is 0.226. The molecule has 1 aliphatic carbocycles. The second-order valence-electron chi connectivity index (χ2n) is 7.02. The molecule has 0 saturated carbocycles. The summed E-state index contributed by atoms with van der Waals surface area (Å²) in [5, 5.41) is 3.84. The highest BCUT2D eigenvalue weighted by Crippen LogP contribution is 2.31. The highest BCUT2D eigenvalue weighted by Gasteiger charge is 2.25. The van der Waals surface area contributed by atoms with Crippen LogP contribution in [0.4, 0.5) is 0 Å². The van der Waals surface area contributed by atoms with E-state index < -0.39 is 0 Å². The van der Waals surface area contributed by atoms with Crippen LogP contribution in [0.3, 0.4) is 0 Å². The van der Waals surface area contributed by atoms with Gasteiger partial charge in [0.05, 0.1) is 0 Å². The fourth-order valence-electron chi connectivity index (χ4n) is 2.72. The van der Waals surface area contributed by atoms with E-state index in [9.17, 15) is 0 Å². The zero-order valence-corrected chi connectivity index (χ0v) is 13.0. The maximum Gasteiger partial charge on any atom is 0.0323 e. The van der Waals surface area contributed by atoms with Gasteiger partial charge in [-0.25, -0.2) is 0 Å². The van der Waals surface area contributed by atoms with Crippen LogP contribution in [0.1, 0.15) is 64.1 Å². The Bertz CT molecular complexity index is 406. The van der Waals surface area contributed by atoms with Crippen LogP contribution in [0, 0.1) is 11.3 Å². The van der Waals surface area contributed by atoms with E-state index >= 15 is 0 Å². The SMILES string of the molecule is CC(C)C(C)(C)CNC1CCCCc2ccccc21. The number of fused-ring (bicyclic) bond motifs is 1. The number of aryl methyl sites for hydroxylation is 1. The van der Waals surface area contributed by atoms with Crippen LogP contribution >= 0.6 is 0 Å². The quantitative estimate of drug-likeness (QED) is 0.771. The summed E-state index contributed by atoms with van der Waals surface area (Å²) in [4.78, 5) is 0. The van der Waals surface area contributed by atoms with E-state index in [0.717, 1.165) is 6.54 Å². The standard InChI is InChI=1S/C18H29N/c1-14(2)18(3,4)13-19-17-12-8-6-10-15-9-5-7-11-16(15)17/h5,7,9,11,14,17,19H,6,8,10,12-13H2,1-4H3. The van der Waals surface area contributed by atoms with E-state index in [2.05, 4.69) is 57.3 Å². The summed E-state index contributed by atoms with van der Waals surface area (Å²) < 4.78 is 0. The van der Waals surface area contributed by atoms with Gasteiger partial charge < -0.3 is 5.32 Å². The summed E-state index contributed by atoms with van der Waals surface area (Å²) in [6.45, 7) is 10.5. The highest BCUT2D eigenvalue weighted by molar-refractivity contribution is 5.31. The Morgan fingerprint density at radius 2 is 1.95 bits per heavy atom. The predicted octanol–water partition coefficient (Wildman–Crippen LogP) is 4.73. The van der Waals surface area contributed by atoms with Crippen molar-refractivity contribution >= 4 is 0 Å². The van der Waals surface area contributed by atoms with Crippen molar-refractivity contribution in [2.75, 3.05) is 6.54 Å². The molecule has 0 radical (unpaired) electrons. The molecule has 1 heteroatoms. The van der Waals surface area contributed by atoms with Gasteiger partial charge >= 0.3 is 0 Å². The van der Waals surface area contributed by atoms with Gasteiger partial charge in [0, 0.05) is 12.6 Å². The monoisotopic (exact) mass is 259 g/mol. The zero-order valence-electron chi connectivity index (χ0n) is 13.0. The van der Waals surface area contributed by atoms with Gasteiger partial charge in [-0.15, -0.1) is 0 Å². The van der Waals surface area contributed by atoms with Crippen LogP contribution in [0.5, 0.6) is 0 Å². The first kappa shape index (κ1) is 14.6. The maximum atomic E-state index is 3.84. The van der Waals surface area contributed by atoms with Gasteiger partial charge in [-0.05, 0) is 41.7 Å². The summed E-state index contributed by atoms with van der Waals surface area (Å²) in [7, 11) is 0. The second kappa shape index (κ2) is 6.09. The Kier molecular flexibility index (Phi) is 4.67. The zero-order chi connectivity index (χ0) is 13.9. The minimum atomic E-state index is 0.362. The molecule has 0 saturated heterocycles. The fraction of sp³-hybridized carbons (Fsp3) is 0.667. The van der Waals surface area contributed by atoms with Crippen LogP contribution in [-0.2, 0) is 6.42 Å². The van der Waals surface area contributed by atoms with Crippen molar-refractivity contribution in [1.29, 1.82) is 0 Å². The molecule has 0 bridgehead atoms. The molecule has 0 aromatic heterocycles. The molecule has 0 aliphatic heterocycles. The van der Waals surface area contributed by atoms with E-state index in [1.165, 1.54) is 25.7 Å². The number of hydrogen-bond donors (Lipinski definition) is 1. The fourth-order valence-corrected chi connectivity index (χ4v) is 2.72. The molecule has 1 nitrogen and oxygen atoms in total. The van der Waals surface area contributed by atoms with Crippen LogP contribution in [0.2, 0.25) is 0 Å². The highest BCUT2D eigenvalue weighted by atomic mass is 14.9. The maximum absolute atomic E-state index is 3.84. The van der Waals surface area contributed by atoms with Gasteiger partial charge in [0.25, 0.3) is 0 Å². The summed E-state index contributed by atoms with van der Waals surface area (Å²) >= 11 is 0. The Balaban J connectivity index is 2.08. The first-order valence-electron chi connectivity index (χ1n) is 7.82. The average molecular weight is 259 g/mol. The van der Waals surface area contributed by atoms with Crippen molar-refractivity contribution in [2.24, 2.45) is 11.3 Å². The van der Waals surface area contributed by atoms with Crippen LogP contribution in [-0.4, -0.2) is 6.54 Å². The van der Waals surface area contributed by atoms with Gasteiger partial charge in [-0.2, -0.15) is 0 Å². The van der Waals surface area contributed by atoms with E-state index in [4.69, 9.17) is 0 Å². The molecule has 0 heterocycles. The van der Waals surface area contributed by atoms with Crippen molar-refractivity contribution in [3.8, 4) is 0 Å². The minimum absolute atomic E-state index is 0.362. The summed E-state index contributed by atoms with van der Waals surface area (Å²) in [5.41, 5.74) is 3.46. The van der Waals surface area contributed by atoms with Gasteiger partial charge in [-0.1, -0.05) is 58.4 Å². The molecular formula is C18H29N. The molecule has 0 amide bonds. The molecule has 1 N–H and O–H groups in total. The van der Waals surface area contributed by atoms with Gasteiger partial charge in [-0.3, -0.25) is 0 Å². The number of nitrogens with one attached hydrogen (secondary N) is 1. The second-order valence-corrected chi connectivity index (χ2v) is 7.02. The van der Waals surface area contributed by atoms with Crippen molar-refractivity contribution in [3.05, 3.63) is 35.4 Å². The molecule has 0 spiro atoms. The van der Waals surface area contributed by atoms with Crippen molar-refractivity contribution in [2.45, 2.75) is 59.4 Å². The molecule has 1 atom stereocenters. The van der Waals surface area contributed by atoms with Gasteiger partial charge in [0.1, 0.15) is 0 Å². The normalized spacial score (nSPS) is 20.2. The first-order chi connectivity index (χ1) is 9.00.